The Bertz CT molecular complexity index is 1170. The zero-order valence-electron chi connectivity index (χ0n) is 16.7. The third kappa shape index (κ3) is 4.38. The van der Waals surface area contributed by atoms with Gasteiger partial charge in [0.1, 0.15) is 0 Å². The van der Waals surface area contributed by atoms with Crippen LogP contribution in [0.5, 0.6) is 0 Å². The first-order valence-corrected chi connectivity index (χ1v) is 11.3. The smallest absolute Gasteiger partial charge is 0.265 e. The van der Waals surface area contributed by atoms with E-state index in [1.54, 1.807) is 11.8 Å². The third-order valence-corrected chi connectivity index (χ3v) is 6.56. The van der Waals surface area contributed by atoms with E-state index in [0.29, 0.717) is 36.9 Å². The van der Waals surface area contributed by atoms with Gasteiger partial charge in [0.25, 0.3) is 5.91 Å². The molecule has 5 nitrogen and oxygen atoms in total. The number of hydrogen-bond donors (Lipinski definition) is 1. The monoisotopic (exact) mass is 449 g/mol. The van der Waals surface area contributed by atoms with E-state index in [0.717, 1.165) is 32.3 Å². The van der Waals surface area contributed by atoms with Gasteiger partial charge in [0.05, 0.1) is 24.6 Å². The molecule has 1 amide bonds. The molecule has 1 N–H and O–H groups in total. The second-order valence-corrected chi connectivity index (χ2v) is 8.81. The number of aliphatic imine (C=N–C) groups is 1. The molecule has 5 rings (SSSR count). The van der Waals surface area contributed by atoms with Crippen LogP contribution in [0.2, 0.25) is 5.02 Å². The van der Waals surface area contributed by atoms with Gasteiger partial charge in [-0.15, -0.1) is 0 Å². The number of halogens is 1. The van der Waals surface area contributed by atoms with E-state index in [1.165, 1.54) is 0 Å². The Morgan fingerprint density at radius 3 is 2.68 bits per heavy atom. The summed E-state index contributed by atoms with van der Waals surface area (Å²) in [5.74, 6) is -0.143. The Morgan fingerprint density at radius 1 is 1.00 bits per heavy atom. The second kappa shape index (κ2) is 8.85. The predicted octanol–water partition coefficient (Wildman–Crippen LogP) is 4.95. The van der Waals surface area contributed by atoms with Crippen molar-refractivity contribution in [2.45, 2.75) is 9.79 Å². The lowest BCUT2D eigenvalue weighted by atomic mass is 10.0. The molecule has 31 heavy (non-hydrogen) atoms. The van der Waals surface area contributed by atoms with Gasteiger partial charge in [0, 0.05) is 44.6 Å². The number of nitrogens with one attached hydrogen (secondary N) is 1. The number of hydrazine groups is 1. The number of hydrogen-bond acceptors (Lipinski definition) is 5. The van der Waals surface area contributed by atoms with Crippen molar-refractivity contribution in [3.63, 3.8) is 0 Å². The molecule has 1 saturated heterocycles. The van der Waals surface area contributed by atoms with Crippen LogP contribution in [0, 0.1) is 0 Å². The summed E-state index contributed by atoms with van der Waals surface area (Å²) in [5, 5.41) is 2.55. The van der Waals surface area contributed by atoms with E-state index in [9.17, 15) is 4.79 Å². The van der Waals surface area contributed by atoms with E-state index in [4.69, 9.17) is 21.3 Å². The highest BCUT2D eigenvalue weighted by Gasteiger charge is 2.21. The van der Waals surface area contributed by atoms with Crippen LogP contribution in [0.4, 0.5) is 5.69 Å². The minimum atomic E-state index is -0.143. The summed E-state index contributed by atoms with van der Waals surface area (Å²) in [4.78, 5) is 20.0. The number of benzene rings is 3. The minimum Gasteiger partial charge on any atom is -0.379 e. The number of nitrogens with zero attached hydrogens (tertiary/aromatic N) is 2. The van der Waals surface area contributed by atoms with Gasteiger partial charge in [-0.2, -0.15) is 0 Å². The Balaban J connectivity index is 1.55. The fraction of sp³-hybridized carbons (Fsp3) is 0.167. The Labute approximate surface area is 190 Å². The molecular weight excluding hydrogens is 430 g/mol. The molecule has 2 heterocycles. The lowest BCUT2D eigenvalue weighted by Crippen LogP contribution is -2.48. The Kier molecular flexibility index (Phi) is 5.78. The van der Waals surface area contributed by atoms with Gasteiger partial charge in [-0.05, 0) is 36.4 Å². The summed E-state index contributed by atoms with van der Waals surface area (Å²) < 4.78 is 5.35. The van der Waals surface area contributed by atoms with E-state index < -0.39 is 0 Å². The molecule has 156 valence electrons. The number of ether oxygens (including phenoxy) is 1. The summed E-state index contributed by atoms with van der Waals surface area (Å²) in [6, 6.07) is 21.6. The summed E-state index contributed by atoms with van der Waals surface area (Å²) >= 11 is 7.92. The van der Waals surface area contributed by atoms with Crippen molar-refractivity contribution in [1.82, 2.24) is 10.4 Å². The molecule has 0 radical (unpaired) electrons. The first-order valence-electron chi connectivity index (χ1n) is 10.1. The zero-order valence-corrected chi connectivity index (χ0v) is 18.2. The topological polar surface area (TPSA) is 53.9 Å². The highest BCUT2D eigenvalue weighted by molar-refractivity contribution is 7.99. The number of carbonyl (C=O) groups is 1. The minimum absolute atomic E-state index is 0.143. The molecule has 0 bridgehead atoms. The lowest BCUT2D eigenvalue weighted by Gasteiger charge is -2.27. The van der Waals surface area contributed by atoms with Crippen LogP contribution in [0.1, 0.15) is 21.5 Å². The fourth-order valence-electron chi connectivity index (χ4n) is 3.62. The van der Waals surface area contributed by atoms with Crippen molar-refractivity contribution in [3.8, 4) is 0 Å². The van der Waals surface area contributed by atoms with Crippen LogP contribution in [-0.4, -0.2) is 42.9 Å². The van der Waals surface area contributed by atoms with Crippen LogP contribution >= 0.6 is 23.4 Å². The van der Waals surface area contributed by atoms with E-state index >= 15 is 0 Å². The number of fused-ring (bicyclic) bond motifs is 2. The molecule has 0 unspecified atom stereocenters. The van der Waals surface area contributed by atoms with Gasteiger partial charge in [-0.3, -0.25) is 10.2 Å². The lowest BCUT2D eigenvalue weighted by molar-refractivity contribution is 0.0126. The van der Waals surface area contributed by atoms with Crippen molar-refractivity contribution in [2.24, 2.45) is 4.99 Å². The van der Waals surface area contributed by atoms with E-state index in [2.05, 4.69) is 17.6 Å². The zero-order chi connectivity index (χ0) is 21.2. The molecule has 0 aromatic heterocycles. The summed E-state index contributed by atoms with van der Waals surface area (Å²) in [5.41, 5.74) is 7.14. The van der Waals surface area contributed by atoms with Gasteiger partial charge in [-0.25, -0.2) is 10.0 Å². The molecule has 0 aliphatic carbocycles. The van der Waals surface area contributed by atoms with Gasteiger partial charge in [0.15, 0.2) is 0 Å². The van der Waals surface area contributed by atoms with Crippen LogP contribution in [0.15, 0.2) is 81.5 Å². The molecular formula is C24H20ClN3O2S. The second-order valence-electron chi connectivity index (χ2n) is 7.29. The number of carbonyl (C=O) groups excluding carboxylic acids is 1. The van der Waals surface area contributed by atoms with Gasteiger partial charge < -0.3 is 4.74 Å². The number of amides is 1. The van der Waals surface area contributed by atoms with Gasteiger partial charge in [0.2, 0.25) is 0 Å². The van der Waals surface area contributed by atoms with Gasteiger partial charge >= 0.3 is 0 Å². The Morgan fingerprint density at radius 2 is 1.84 bits per heavy atom. The van der Waals surface area contributed by atoms with E-state index in [-0.39, 0.29) is 5.91 Å². The van der Waals surface area contributed by atoms with Crippen LogP contribution < -0.4 is 5.43 Å². The summed E-state index contributed by atoms with van der Waals surface area (Å²) in [6.07, 6.45) is 0. The number of morpholine rings is 1. The summed E-state index contributed by atoms with van der Waals surface area (Å²) in [6.45, 7) is 2.59. The molecule has 0 atom stereocenters. The van der Waals surface area contributed by atoms with E-state index in [1.807, 2.05) is 59.6 Å². The molecule has 2 aliphatic heterocycles. The molecule has 7 heteroatoms. The maximum atomic E-state index is 12.8. The molecule has 0 spiro atoms. The SMILES string of the molecule is O=C(NN1CCOCC1)c1ccc2c(c1)N=C(c1cccc(Cl)c1)c1ccccc1S2. The average Bonchev–Trinajstić information content (AvgIpc) is 2.96. The third-order valence-electron chi connectivity index (χ3n) is 5.18. The molecule has 1 fully saturated rings. The van der Waals surface area contributed by atoms with Crippen molar-refractivity contribution in [1.29, 1.82) is 0 Å². The molecule has 2 aliphatic rings. The van der Waals surface area contributed by atoms with Crippen molar-refractivity contribution in [3.05, 3.63) is 88.4 Å². The number of rotatable bonds is 3. The van der Waals surface area contributed by atoms with Crippen molar-refractivity contribution in [2.75, 3.05) is 26.3 Å². The highest BCUT2D eigenvalue weighted by Crippen LogP contribution is 2.41. The quantitative estimate of drug-likeness (QED) is 0.480. The van der Waals surface area contributed by atoms with Crippen LogP contribution in [-0.2, 0) is 4.74 Å². The largest absolute Gasteiger partial charge is 0.379 e. The average molecular weight is 450 g/mol. The first kappa shape index (κ1) is 20.3. The maximum absolute atomic E-state index is 12.8. The van der Waals surface area contributed by atoms with Crippen LogP contribution in [0.25, 0.3) is 0 Å². The van der Waals surface area contributed by atoms with Gasteiger partial charge in [-0.1, -0.05) is 53.7 Å². The predicted molar refractivity (Wildman–Crippen MR) is 124 cm³/mol. The first-order chi connectivity index (χ1) is 15.2. The molecule has 0 saturated carbocycles. The maximum Gasteiger partial charge on any atom is 0.265 e. The van der Waals surface area contributed by atoms with Crippen LogP contribution in [0.3, 0.4) is 0 Å². The molecule has 3 aromatic rings. The Hall–Kier alpha value is -2.64. The fourth-order valence-corrected chi connectivity index (χ4v) is 4.82. The van der Waals surface area contributed by atoms with Crippen molar-refractivity contribution >= 4 is 40.7 Å². The summed E-state index contributed by atoms with van der Waals surface area (Å²) in [7, 11) is 0. The standard InChI is InChI=1S/C24H20ClN3O2S/c25-18-5-3-4-16(14-18)23-19-6-1-2-7-21(19)31-22-9-8-17(15-20(22)26-23)24(29)27-28-10-12-30-13-11-28/h1-9,14-15H,10-13H2,(H,27,29). The normalized spacial score (nSPS) is 16.0. The molecule has 3 aromatic carbocycles. The van der Waals surface area contributed by atoms with Crippen molar-refractivity contribution < 1.29 is 9.53 Å². The highest BCUT2D eigenvalue weighted by atomic mass is 35.5.